The molecule has 1 saturated carbocycles. The molecule has 1 N–H and O–H groups in total. The summed E-state index contributed by atoms with van der Waals surface area (Å²) in [5.74, 6) is -0.210. The number of rotatable bonds is 7. The van der Waals surface area contributed by atoms with Crippen molar-refractivity contribution in [3.05, 3.63) is 77.6 Å². The van der Waals surface area contributed by atoms with Gasteiger partial charge in [-0.2, -0.15) is 0 Å². The molecule has 2 aromatic carbocycles. The lowest BCUT2D eigenvalue weighted by Crippen LogP contribution is -2.33. The number of hydrogen-bond donors (Lipinski definition) is 1. The van der Waals surface area contributed by atoms with Crippen LogP contribution in [0.4, 0.5) is 5.69 Å². The molecule has 1 fully saturated rings. The highest BCUT2D eigenvalue weighted by Gasteiger charge is 2.18. The van der Waals surface area contributed by atoms with Crippen LogP contribution >= 0.6 is 0 Å². The first-order valence-electron chi connectivity index (χ1n) is 10.7. The highest BCUT2D eigenvalue weighted by Crippen LogP contribution is 2.26. The highest BCUT2D eigenvalue weighted by molar-refractivity contribution is 5.91. The Labute approximate surface area is 177 Å². The van der Waals surface area contributed by atoms with Gasteiger partial charge in [0, 0.05) is 25.3 Å². The summed E-state index contributed by atoms with van der Waals surface area (Å²) in [4.78, 5) is 14.8. The minimum Gasteiger partial charge on any atom is -0.372 e. The summed E-state index contributed by atoms with van der Waals surface area (Å²) >= 11 is 0. The van der Waals surface area contributed by atoms with Crippen LogP contribution in [0.15, 0.2) is 60.8 Å². The number of carbonyl (C=O) groups is 1. The van der Waals surface area contributed by atoms with Gasteiger partial charge in [-0.1, -0.05) is 66.9 Å². The topological polar surface area (TPSA) is 63.1 Å². The standard InChI is InChI=1S/C24H29N5O/c1-28(21-10-6-3-7-11-21)22-14-12-19(13-15-22)16-25-24(30)23-18-29(27-26-23)17-20-8-4-2-5-9-20/h2,4-5,8-9,12-15,18,21H,3,6-7,10-11,16-17H2,1H3,(H,25,30). The van der Waals surface area contributed by atoms with Gasteiger partial charge >= 0.3 is 0 Å². The molecule has 6 heteroatoms. The molecule has 0 bridgehead atoms. The van der Waals surface area contributed by atoms with Crippen LogP contribution in [0, 0.1) is 0 Å². The Hall–Kier alpha value is -3.15. The molecule has 4 rings (SSSR count). The van der Waals surface area contributed by atoms with Crippen molar-refractivity contribution in [3.8, 4) is 0 Å². The van der Waals surface area contributed by atoms with Crippen LogP contribution in [0.3, 0.4) is 0 Å². The predicted molar refractivity (Wildman–Crippen MR) is 118 cm³/mol. The lowest BCUT2D eigenvalue weighted by atomic mass is 9.94. The monoisotopic (exact) mass is 403 g/mol. The summed E-state index contributed by atoms with van der Waals surface area (Å²) in [6.45, 7) is 1.06. The molecule has 0 atom stereocenters. The summed E-state index contributed by atoms with van der Waals surface area (Å²) in [6, 6.07) is 19.1. The van der Waals surface area contributed by atoms with E-state index < -0.39 is 0 Å². The van der Waals surface area contributed by atoms with Crippen LogP contribution in [0.5, 0.6) is 0 Å². The minimum absolute atomic E-state index is 0.210. The lowest BCUT2D eigenvalue weighted by molar-refractivity contribution is 0.0946. The summed E-state index contributed by atoms with van der Waals surface area (Å²) in [5.41, 5.74) is 3.76. The number of benzene rings is 2. The average molecular weight is 404 g/mol. The quantitative estimate of drug-likeness (QED) is 0.647. The molecule has 1 aliphatic carbocycles. The lowest BCUT2D eigenvalue weighted by Gasteiger charge is -2.33. The first kappa shape index (κ1) is 20.1. The van der Waals surface area contributed by atoms with Gasteiger partial charge in [-0.05, 0) is 36.1 Å². The summed E-state index contributed by atoms with van der Waals surface area (Å²) in [5, 5.41) is 11.0. The van der Waals surface area contributed by atoms with Gasteiger partial charge in [0.25, 0.3) is 5.91 Å². The zero-order chi connectivity index (χ0) is 20.8. The summed E-state index contributed by atoms with van der Waals surface area (Å²) in [6.07, 6.45) is 8.26. The Morgan fingerprint density at radius 3 is 2.50 bits per heavy atom. The average Bonchev–Trinajstić information content (AvgIpc) is 3.27. The number of amides is 1. The van der Waals surface area contributed by atoms with E-state index in [1.165, 1.54) is 37.8 Å². The number of hydrogen-bond acceptors (Lipinski definition) is 4. The van der Waals surface area contributed by atoms with E-state index >= 15 is 0 Å². The van der Waals surface area contributed by atoms with E-state index in [2.05, 4.69) is 51.8 Å². The molecular formula is C24H29N5O. The Bertz CT molecular complexity index is 945. The Balaban J connectivity index is 1.29. The first-order valence-corrected chi connectivity index (χ1v) is 10.7. The highest BCUT2D eigenvalue weighted by atomic mass is 16.2. The zero-order valence-corrected chi connectivity index (χ0v) is 17.5. The fraction of sp³-hybridized carbons (Fsp3) is 0.375. The zero-order valence-electron chi connectivity index (χ0n) is 17.5. The molecule has 30 heavy (non-hydrogen) atoms. The van der Waals surface area contributed by atoms with Gasteiger partial charge in [-0.15, -0.1) is 5.10 Å². The molecule has 0 spiro atoms. The van der Waals surface area contributed by atoms with E-state index in [1.807, 2.05) is 30.3 Å². The number of nitrogens with one attached hydrogen (secondary N) is 1. The number of aromatic nitrogens is 3. The van der Waals surface area contributed by atoms with E-state index in [0.29, 0.717) is 24.8 Å². The molecular weight excluding hydrogens is 374 g/mol. The number of nitrogens with zero attached hydrogens (tertiary/aromatic N) is 4. The van der Waals surface area contributed by atoms with Crippen LogP contribution in [-0.4, -0.2) is 34.0 Å². The fourth-order valence-corrected chi connectivity index (χ4v) is 4.05. The van der Waals surface area contributed by atoms with Crippen molar-refractivity contribution in [2.24, 2.45) is 0 Å². The van der Waals surface area contributed by atoms with E-state index in [-0.39, 0.29) is 5.91 Å². The van der Waals surface area contributed by atoms with E-state index in [4.69, 9.17) is 0 Å². The summed E-state index contributed by atoms with van der Waals surface area (Å²) in [7, 11) is 2.19. The van der Waals surface area contributed by atoms with Crippen molar-refractivity contribution in [3.63, 3.8) is 0 Å². The SMILES string of the molecule is CN(c1ccc(CNC(=O)c2cn(Cc3ccccc3)nn2)cc1)C1CCCCC1. The molecule has 0 unspecified atom stereocenters. The van der Waals surface area contributed by atoms with Gasteiger partial charge in [0.05, 0.1) is 12.7 Å². The van der Waals surface area contributed by atoms with Crippen molar-refractivity contribution >= 4 is 11.6 Å². The molecule has 1 aliphatic rings. The van der Waals surface area contributed by atoms with Gasteiger partial charge in [0.15, 0.2) is 5.69 Å². The third-order valence-electron chi connectivity index (χ3n) is 5.88. The van der Waals surface area contributed by atoms with Crippen LogP contribution in [-0.2, 0) is 13.1 Å². The smallest absolute Gasteiger partial charge is 0.273 e. The van der Waals surface area contributed by atoms with Gasteiger partial charge < -0.3 is 10.2 Å². The second-order valence-electron chi connectivity index (χ2n) is 8.04. The Morgan fingerprint density at radius 2 is 1.77 bits per heavy atom. The molecule has 0 aliphatic heterocycles. The molecule has 1 aromatic heterocycles. The van der Waals surface area contributed by atoms with Crippen LogP contribution in [0.1, 0.15) is 53.7 Å². The normalized spacial score (nSPS) is 14.4. The maximum absolute atomic E-state index is 12.4. The third kappa shape index (κ3) is 5.06. The molecule has 0 radical (unpaired) electrons. The van der Waals surface area contributed by atoms with E-state index in [1.54, 1.807) is 10.9 Å². The number of carbonyl (C=O) groups excluding carboxylic acids is 1. The van der Waals surface area contributed by atoms with Crippen molar-refractivity contribution in [1.82, 2.24) is 20.3 Å². The van der Waals surface area contributed by atoms with E-state index in [0.717, 1.165) is 11.1 Å². The van der Waals surface area contributed by atoms with Gasteiger partial charge in [0.1, 0.15) is 0 Å². The fourth-order valence-electron chi connectivity index (χ4n) is 4.05. The van der Waals surface area contributed by atoms with Crippen LogP contribution in [0.25, 0.3) is 0 Å². The molecule has 6 nitrogen and oxygen atoms in total. The van der Waals surface area contributed by atoms with Gasteiger partial charge in [-0.25, -0.2) is 4.68 Å². The minimum atomic E-state index is -0.210. The van der Waals surface area contributed by atoms with E-state index in [9.17, 15) is 4.79 Å². The maximum atomic E-state index is 12.4. The van der Waals surface area contributed by atoms with Crippen molar-refractivity contribution < 1.29 is 4.79 Å². The summed E-state index contributed by atoms with van der Waals surface area (Å²) < 4.78 is 1.68. The largest absolute Gasteiger partial charge is 0.372 e. The Morgan fingerprint density at radius 1 is 1.03 bits per heavy atom. The van der Waals surface area contributed by atoms with Crippen LogP contribution < -0.4 is 10.2 Å². The molecule has 1 amide bonds. The Kier molecular flexibility index (Phi) is 6.42. The predicted octanol–water partition coefficient (Wildman–Crippen LogP) is 4.03. The van der Waals surface area contributed by atoms with Crippen molar-refractivity contribution in [2.45, 2.75) is 51.2 Å². The first-order chi connectivity index (χ1) is 14.7. The molecule has 3 aromatic rings. The third-order valence-corrected chi connectivity index (χ3v) is 5.88. The maximum Gasteiger partial charge on any atom is 0.273 e. The second-order valence-corrected chi connectivity index (χ2v) is 8.04. The van der Waals surface area contributed by atoms with Gasteiger partial charge in [-0.3, -0.25) is 4.79 Å². The second kappa shape index (κ2) is 9.57. The van der Waals surface area contributed by atoms with Crippen LogP contribution in [0.2, 0.25) is 0 Å². The van der Waals surface area contributed by atoms with Crippen molar-refractivity contribution in [2.75, 3.05) is 11.9 Å². The molecule has 156 valence electrons. The molecule has 1 heterocycles. The van der Waals surface area contributed by atoms with Crippen molar-refractivity contribution in [1.29, 1.82) is 0 Å². The molecule has 0 saturated heterocycles. The number of anilines is 1. The van der Waals surface area contributed by atoms with Gasteiger partial charge in [0.2, 0.25) is 0 Å².